The first kappa shape index (κ1) is 23.7. The minimum atomic E-state index is -0.340. The summed E-state index contributed by atoms with van der Waals surface area (Å²) in [5.41, 5.74) is 5.21. The Labute approximate surface area is 200 Å². The average Bonchev–Trinajstić information content (AvgIpc) is 3.37. The molecule has 0 radical (unpaired) electrons. The predicted octanol–water partition coefficient (Wildman–Crippen LogP) is 5.48. The second-order valence-corrected chi connectivity index (χ2v) is 9.41. The highest BCUT2D eigenvalue weighted by Crippen LogP contribution is 2.30. The number of hydrogen-bond acceptors (Lipinski definition) is 5. The molecule has 5 nitrogen and oxygen atoms in total. The van der Waals surface area contributed by atoms with Gasteiger partial charge in [0.05, 0.1) is 11.2 Å². The fourth-order valence-corrected chi connectivity index (χ4v) is 4.76. The third kappa shape index (κ3) is 5.75. The minimum Gasteiger partial charge on any atom is -0.385 e. The molecule has 6 heteroatoms. The molecule has 1 amide bonds. The molecule has 1 atom stereocenters. The van der Waals surface area contributed by atoms with Crippen molar-refractivity contribution in [2.24, 2.45) is 0 Å². The van der Waals surface area contributed by atoms with Crippen LogP contribution in [0.5, 0.6) is 0 Å². The minimum absolute atomic E-state index is 0.0663. The predicted molar refractivity (Wildman–Crippen MR) is 135 cm³/mol. The van der Waals surface area contributed by atoms with Gasteiger partial charge in [-0.3, -0.25) is 4.79 Å². The van der Waals surface area contributed by atoms with Crippen molar-refractivity contribution >= 4 is 28.6 Å². The Morgan fingerprint density at radius 2 is 2.12 bits per heavy atom. The molecule has 0 N–H and O–H groups in total. The number of hydrogen-bond donors (Lipinski definition) is 0. The number of nitrogens with zero attached hydrogens (tertiary/aromatic N) is 2. The highest BCUT2D eigenvalue weighted by molar-refractivity contribution is 7.98. The topological polar surface area (TPSA) is 51.7 Å². The van der Waals surface area contributed by atoms with Crippen LogP contribution < -0.4 is 0 Å². The number of ether oxygens (including phenoxy) is 2. The summed E-state index contributed by atoms with van der Waals surface area (Å²) in [5.74, 6) is 0.0663. The van der Waals surface area contributed by atoms with E-state index in [0.29, 0.717) is 26.3 Å². The average molecular weight is 465 g/mol. The lowest BCUT2D eigenvalue weighted by Crippen LogP contribution is -2.39. The first-order valence-corrected chi connectivity index (χ1v) is 12.8. The van der Waals surface area contributed by atoms with Gasteiger partial charge in [0.15, 0.2) is 0 Å². The van der Waals surface area contributed by atoms with Crippen LogP contribution in [0.25, 0.3) is 22.2 Å². The number of rotatable bonds is 9. The van der Waals surface area contributed by atoms with Crippen LogP contribution in [0.1, 0.15) is 30.4 Å². The van der Waals surface area contributed by atoms with E-state index in [1.165, 1.54) is 10.5 Å². The van der Waals surface area contributed by atoms with E-state index in [0.717, 1.165) is 47.0 Å². The molecular formula is C27H32N2O3S. The van der Waals surface area contributed by atoms with Crippen molar-refractivity contribution in [3.63, 3.8) is 0 Å². The summed E-state index contributed by atoms with van der Waals surface area (Å²) in [6, 6.07) is 17.0. The Balaban J connectivity index is 1.75. The molecule has 0 aliphatic carbocycles. The van der Waals surface area contributed by atoms with Gasteiger partial charge in [-0.15, -0.1) is 11.8 Å². The number of pyridine rings is 1. The Kier molecular flexibility index (Phi) is 8.02. The van der Waals surface area contributed by atoms with E-state index in [1.54, 1.807) is 18.9 Å². The third-order valence-electron chi connectivity index (χ3n) is 6.05. The fraction of sp³-hybridized carbons (Fsp3) is 0.407. The van der Waals surface area contributed by atoms with E-state index in [2.05, 4.69) is 61.7 Å². The largest absolute Gasteiger partial charge is 0.385 e. The van der Waals surface area contributed by atoms with Crippen molar-refractivity contribution in [2.45, 2.75) is 43.7 Å². The Bertz CT molecular complexity index is 1110. The molecule has 1 saturated heterocycles. The van der Waals surface area contributed by atoms with Crippen molar-refractivity contribution in [2.75, 3.05) is 33.1 Å². The van der Waals surface area contributed by atoms with Gasteiger partial charge < -0.3 is 14.4 Å². The second kappa shape index (κ2) is 11.1. The highest BCUT2D eigenvalue weighted by atomic mass is 32.2. The van der Waals surface area contributed by atoms with Gasteiger partial charge >= 0.3 is 0 Å². The number of aryl methyl sites for hydroxylation is 1. The van der Waals surface area contributed by atoms with Crippen LogP contribution in [0.3, 0.4) is 0 Å². The Morgan fingerprint density at radius 1 is 1.24 bits per heavy atom. The molecule has 33 heavy (non-hydrogen) atoms. The standard InChI is InChI=1S/C27H32N2O3S/c1-19-7-4-8-21(15-19)26-22(16-20-10-11-23(33-3)17-24(20)28-26)18-29(12-6-13-31-2)27(30)25-9-5-14-32-25/h4,7-8,10-11,15-17,25H,5-6,9,12-14,18H2,1-3H3. The monoisotopic (exact) mass is 464 g/mol. The zero-order valence-electron chi connectivity index (χ0n) is 19.7. The van der Waals surface area contributed by atoms with Crippen molar-refractivity contribution in [3.05, 3.63) is 59.7 Å². The normalized spacial score (nSPS) is 15.8. The number of thioether (sulfide) groups is 1. The number of benzene rings is 2. The van der Waals surface area contributed by atoms with Gasteiger partial charge in [-0.2, -0.15) is 0 Å². The summed E-state index contributed by atoms with van der Waals surface area (Å²) in [4.78, 5) is 21.5. The number of carbonyl (C=O) groups excluding carboxylic acids is 1. The van der Waals surface area contributed by atoms with Crippen LogP contribution >= 0.6 is 11.8 Å². The maximum Gasteiger partial charge on any atom is 0.252 e. The summed E-state index contributed by atoms with van der Waals surface area (Å²) in [5, 5.41) is 1.08. The van der Waals surface area contributed by atoms with E-state index in [1.807, 2.05) is 4.90 Å². The fourth-order valence-electron chi connectivity index (χ4n) is 4.33. The molecule has 1 aliphatic heterocycles. The van der Waals surface area contributed by atoms with Gasteiger partial charge in [0, 0.05) is 49.3 Å². The Hall–Kier alpha value is -2.41. The molecule has 0 spiro atoms. The van der Waals surface area contributed by atoms with Gasteiger partial charge in [-0.1, -0.05) is 29.8 Å². The van der Waals surface area contributed by atoms with Crippen LogP contribution in [0, 0.1) is 6.92 Å². The van der Waals surface area contributed by atoms with Gasteiger partial charge in [0.1, 0.15) is 6.10 Å². The number of carbonyl (C=O) groups is 1. The summed E-state index contributed by atoms with van der Waals surface area (Å²) in [6.07, 6.45) is 4.25. The smallest absolute Gasteiger partial charge is 0.252 e. The van der Waals surface area contributed by atoms with Crippen molar-refractivity contribution in [3.8, 4) is 11.3 Å². The lowest BCUT2D eigenvalue weighted by Gasteiger charge is -2.26. The van der Waals surface area contributed by atoms with E-state index < -0.39 is 0 Å². The molecule has 1 fully saturated rings. The van der Waals surface area contributed by atoms with Gasteiger partial charge in [-0.05, 0) is 62.3 Å². The molecule has 1 unspecified atom stereocenters. The van der Waals surface area contributed by atoms with E-state index in [-0.39, 0.29) is 12.0 Å². The molecule has 0 bridgehead atoms. The van der Waals surface area contributed by atoms with Gasteiger partial charge in [0.25, 0.3) is 5.91 Å². The van der Waals surface area contributed by atoms with Gasteiger partial charge in [0.2, 0.25) is 0 Å². The van der Waals surface area contributed by atoms with Crippen LogP contribution in [-0.2, 0) is 20.8 Å². The van der Waals surface area contributed by atoms with Crippen LogP contribution in [-0.4, -0.2) is 55.0 Å². The third-order valence-corrected chi connectivity index (χ3v) is 6.78. The molecule has 3 aromatic rings. The number of amides is 1. The lowest BCUT2D eigenvalue weighted by molar-refractivity contribution is -0.141. The summed E-state index contributed by atoms with van der Waals surface area (Å²) >= 11 is 1.71. The number of aromatic nitrogens is 1. The summed E-state index contributed by atoms with van der Waals surface area (Å²) in [6.45, 7) is 4.50. The summed E-state index contributed by atoms with van der Waals surface area (Å²) < 4.78 is 11.0. The van der Waals surface area contributed by atoms with E-state index in [4.69, 9.17) is 14.5 Å². The zero-order valence-corrected chi connectivity index (χ0v) is 20.5. The van der Waals surface area contributed by atoms with E-state index >= 15 is 0 Å². The van der Waals surface area contributed by atoms with Crippen molar-refractivity contribution in [1.82, 2.24) is 9.88 Å². The molecule has 2 aromatic carbocycles. The SMILES string of the molecule is COCCCN(Cc1cc2ccc(SC)cc2nc1-c1cccc(C)c1)C(=O)C1CCCO1. The maximum atomic E-state index is 13.3. The molecular weight excluding hydrogens is 432 g/mol. The summed E-state index contributed by atoms with van der Waals surface area (Å²) in [7, 11) is 1.69. The molecule has 174 valence electrons. The highest BCUT2D eigenvalue weighted by Gasteiger charge is 2.29. The van der Waals surface area contributed by atoms with Crippen LogP contribution in [0.4, 0.5) is 0 Å². The molecule has 1 aliphatic rings. The molecule has 2 heterocycles. The number of methoxy groups -OCH3 is 1. The zero-order chi connectivity index (χ0) is 23.2. The molecule has 1 aromatic heterocycles. The van der Waals surface area contributed by atoms with Crippen LogP contribution in [0.15, 0.2) is 53.4 Å². The molecule has 0 saturated carbocycles. The Morgan fingerprint density at radius 3 is 2.85 bits per heavy atom. The first-order chi connectivity index (χ1) is 16.1. The molecule has 4 rings (SSSR count). The lowest BCUT2D eigenvalue weighted by atomic mass is 10.0. The van der Waals surface area contributed by atoms with Crippen LogP contribution in [0.2, 0.25) is 0 Å². The second-order valence-electron chi connectivity index (χ2n) is 8.53. The quantitative estimate of drug-likeness (QED) is 0.310. The van der Waals surface area contributed by atoms with Crippen molar-refractivity contribution in [1.29, 1.82) is 0 Å². The number of fused-ring (bicyclic) bond motifs is 1. The van der Waals surface area contributed by atoms with Gasteiger partial charge in [-0.25, -0.2) is 4.98 Å². The van der Waals surface area contributed by atoms with E-state index in [9.17, 15) is 4.79 Å². The first-order valence-electron chi connectivity index (χ1n) is 11.5. The van der Waals surface area contributed by atoms with Crippen molar-refractivity contribution < 1.29 is 14.3 Å². The maximum absolute atomic E-state index is 13.3.